The minimum atomic E-state index is 0.589. The Morgan fingerprint density at radius 2 is 0.938 bits per heavy atom. The van der Waals surface area contributed by atoms with Crippen molar-refractivity contribution in [3.05, 3.63) is 0 Å². The summed E-state index contributed by atoms with van der Waals surface area (Å²) < 4.78 is 0. The summed E-state index contributed by atoms with van der Waals surface area (Å²) in [6.45, 7) is 0. The Morgan fingerprint density at radius 3 is 1.31 bits per heavy atom. The largest absolute Gasteiger partial charge is 0.288 e. The highest BCUT2D eigenvalue weighted by Crippen LogP contribution is 2.20. The second kappa shape index (κ2) is 6.82. The molecule has 0 aliphatic heterocycles. The fraction of sp³-hybridized carbons (Fsp3) is 0.857. The Hall–Kier alpha value is -0.660. The maximum Gasteiger partial charge on any atom is 0.0500 e. The molecule has 2 nitrogen and oxygen atoms in total. The number of hydrogen-bond acceptors (Lipinski definition) is 2. The molecule has 0 amide bonds. The van der Waals surface area contributed by atoms with Gasteiger partial charge in [0.25, 0.3) is 0 Å². The van der Waals surface area contributed by atoms with Gasteiger partial charge in [-0.25, -0.2) is 0 Å². The number of hydrogen-bond donors (Lipinski definition) is 0. The molecule has 0 atom stereocenters. The summed E-state index contributed by atoms with van der Waals surface area (Å²) in [5, 5.41) is 0. The molecular formula is C14H24N2. The molecule has 2 heteroatoms. The van der Waals surface area contributed by atoms with Crippen LogP contribution in [0.25, 0.3) is 0 Å². The van der Waals surface area contributed by atoms with Gasteiger partial charge in [0.05, 0.1) is 0 Å². The van der Waals surface area contributed by atoms with Gasteiger partial charge >= 0.3 is 0 Å². The third-order valence-corrected chi connectivity index (χ3v) is 3.81. The molecule has 0 aromatic carbocycles. The van der Waals surface area contributed by atoms with Gasteiger partial charge in [-0.1, -0.05) is 38.5 Å². The molecule has 0 radical (unpaired) electrons. The molecule has 0 heterocycles. The summed E-state index contributed by atoms with van der Waals surface area (Å²) in [4.78, 5) is 9.19. The van der Waals surface area contributed by atoms with E-state index in [0.29, 0.717) is 12.1 Å². The van der Waals surface area contributed by atoms with E-state index >= 15 is 0 Å². The van der Waals surface area contributed by atoms with E-state index in [4.69, 9.17) is 0 Å². The fourth-order valence-electron chi connectivity index (χ4n) is 2.78. The second-order valence-corrected chi connectivity index (χ2v) is 5.18. The Balaban J connectivity index is 1.68. The SMILES string of the molecule is C(/C=N/C1CCCCC1)=NC1CCCCC1. The van der Waals surface area contributed by atoms with E-state index in [9.17, 15) is 0 Å². The van der Waals surface area contributed by atoms with Crippen LogP contribution in [0, 0.1) is 0 Å². The predicted molar refractivity (Wildman–Crippen MR) is 70.7 cm³/mol. The maximum absolute atomic E-state index is 4.59. The molecule has 90 valence electrons. The second-order valence-electron chi connectivity index (χ2n) is 5.18. The minimum absolute atomic E-state index is 0.589. The van der Waals surface area contributed by atoms with Crippen LogP contribution in [0.5, 0.6) is 0 Å². The standard InChI is InChI=1S/C14H24N2/c1-3-7-13(8-4-1)15-11-12-16-14-9-5-2-6-10-14/h11-14H,1-10H2/b15-11+,16-12?. The molecule has 2 aliphatic carbocycles. The molecule has 0 bridgehead atoms. The van der Waals surface area contributed by atoms with Crippen molar-refractivity contribution in [2.45, 2.75) is 76.3 Å². The third-order valence-electron chi connectivity index (χ3n) is 3.81. The van der Waals surface area contributed by atoms with E-state index in [2.05, 4.69) is 9.98 Å². The zero-order valence-corrected chi connectivity index (χ0v) is 10.3. The van der Waals surface area contributed by atoms with Gasteiger partial charge in [0.15, 0.2) is 0 Å². The highest BCUT2D eigenvalue weighted by molar-refractivity contribution is 6.16. The first-order valence-electron chi connectivity index (χ1n) is 7.00. The summed E-state index contributed by atoms with van der Waals surface area (Å²) in [6.07, 6.45) is 17.3. The van der Waals surface area contributed by atoms with Crippen molar-refractivity contribution in [3.63, 3.8) is 0 Å². The molecule has 2 aliphatic rings. The average Bonchev–Trinajstić information content (AvgIpc) is 2.37. The lowest BCUT2D eigenvalue weighted by Gasteiger charge is -2.17. The lowest BCUT2D eigenvalue weighted by atomic mass is 9.96. The first-order valence-corrected chi connectivity index (χ1v) is 7.00. The molecule has 0 unspecified atom stereocenters. The third kappa shape index (κ3) is 4.07. The summed E-state index contributed by atoms with van der Waals surface area (Å²) >= 11 is 0. The van der Waals surface area contributed by atoms with Gasteiger partial charge in [-0.3, -0.25) is 9.98 Å². The molecule has 0 spiro atoms. The van der Waals surface area contributed by atoms with Crippen LogP contribution in [0.2, 0.25) is 0 Å². The van der Waals surface area contributed by atoms with Crippen molar-refractivity contribution >= 4 is 12.4 Å². The number of rotatable bonds is 3. The molecule has 2 saturated carbocycles. The summed E-state index contributed by atoms with van der Waals surface area (Å²) in [7, 11) is 0. The lowest BCUT2D eigenvalue weighted by molar-refractivity contribution is 0.443. The first kappa shape index (κ1) is 11.8. The highest BCUT2D eigenvalue weighted by Gasteiger charge is 2.11. The number of nitrogens with zero attached hydrogens (tertiary/aromatic N) is 2. The summed E-state index contributed by atoms with van der Waals surface area (Å²) in [6, 6.07) is 1.18. The van der Waals surface area contributed by atoms with Crippen molar-refractivity contribution < 1.29 is 0 Å². The molecule has 0 aromatic heterocycles. The topological polar surface area (TPSA) is 24.7 Å². The van der Waals surface area contributed by atoms with Gasteiger partial charge in [-0.2, -0.15) is 0 Å². The Labute approximate surface area is 99.3 Å². The quantitative estimate of drug-likeness (QED) is 0.646. The van der Waals surface area contributed by atoms with E-state index in [1.54, 1.807) is 0 Å². The van der Waals surface area contributed by atoms with Crippen LogP contribution in [-0.2, 0) is 0 Å². The van der Waals surface area contributed by atoms with Crippen LogP contribution in [0.15, 0.2) is 9.98 Å². The van der Waals surface area contributed by atoms with E-state index in [1.807, 2.05) is 12.4 Å². The molecule has 16 heavy (non-hydrogen) atoms. The summed E-state index contributed by atoms with van der Waals surface area (Å²) in [5.41, 5.74) is 0. The van der Waals surface area contributed by atoms with Gasteiger partial charge in [0, 0.05) is 24.5 Å². The van der Waals surface area contributed by atoms with Crippen molar-refractivity contribution in [3.8, 4) is 0 Å². The average molecular weight is 220 g/mol. The maximum atomic E-state index is 4.59. The van der Waals surface area contributed by atoms with E-state index in [1.165, 1.54) is 64.2 Å². The van der Waals surface area contributed by atoms with E-state index in [0.717, 1.165) is 0 Å². The Bertz CT molecular complexity index is 207. The minimum Gasteiger partial charge on any atom is -0.288 e. The fourth-order valence-corrected chi connectivity index (χ4v) is 2.78. The lowest BCUT2D eigenvalue weighted by Crippen LogP contribution is -2.11. The Morgan fingerprint density at radius 1 is 0.562 bits per heavy atom. The molecule has 2 rings (SSSR count). The van der Waals surface area contributed by atoms with Crippen LogP contribution >= 0.6 is 0 Å². The molecule has 0 aromatic rings. The van der Waals surface area contributed by atoms with Crippen LogP contribution in [0.4, 0.5) is 0 Å². The zero-order valence-electron chi connectivity index (χ0n) is 10.3. The normalized spacial score (nSPS) is 25.8. The van der Waals surface area contributed by atoms with Crippen molar-refractivity contribution in [2.75, 3.05) is 0 Å². The monoisotopic (exact) mass is 220 g/mol. The predicted octanol–water partition coefficient (Wildman–Crippen LogP) is 3.79. The van der Waals surface area contributed by atoms with Gasteiger partial charge in [-0.05, 0) is 25.7 Å². The highest BCUT2D eigenvalue weighted by atomic mass is 14.8. The number of aliphatic imine (C=N–C) groups is 2. The molecule has 0 saturated heterocycles. The smallest absolute Gasteiger partial charge is 0.0500 e. The summed E-state index contributed by atoms with van der Waals surface area (Å²) in [5.74, 6) is 0. The zero-order chi connectivity index (χ0) is 11.1. The van der Waals surface area contributed by atoms with Gasteiger partial charge < -0.3 is 0 Å². The van der Waals surface area contributed by atoms with Crippen molar-refractivity contribution in [1.82, 2.24) is 0 Å². The van der Waals surface area contributed by atoms with Crippen molar-refractivity contribution in [1.29, 1.82) is 0 Å². The van der Waals surface area contributed by atoms with Gasteiger partial charge in [0.1, 0.15) is 0 Å². The van der Waals surface area contributed by atoms with Crippen LogP contribution in [0.1, 0.15) is 64.2 Å². The van der Waals surface area contributed by atoms with Gasteiger partial charge in [0.2, 0.25) is 0 Å². The van der Waals surface area contributed by atoms with Crippen LogP contribution < -0.4 is 0 Å². The van der Waals surface area contributed by atoms with E-state index in [-0.39, 0.29) is 0 Å². The van der Waals surface area contributed by atoms with Crippen LogP contribution in [-0.4, -0.2) is 24.5 Å². The van der Waals surface area contributed by atoms with Crippen LogP contribution in [0.3, 0.4) is 0 Å². The molecule has 2 fully saturated rings. The van der Waals surface area contributed by atoms with Crippen molar-refractivity contribution in [2.24, 2.45) is 9.98 Å². The van der Waals surface area contributed by atoms with E-state index < -0.39 is 0 Å². The molecule has 0 N–H and O–H groups in total. The molecular weight excluding hydrogens is 196 g/mol. The van der Waals surface area contributed by atoms with Gasteiger partial charge in [-0.15, -0.1) is 0 Å². The first-order chi connectivity index (χ1) is 7.95. The Kier molecular flexibility index (Phi) is 5.04.